The zero-order valence-corrected chi connectivity index (χ0v) is 11.9. The second-order valence-electron chi connectivity index (χ2n) is 5.25. The quantitative estimate of drug-likeness (QED) is 0.791. The van der Waals surface area contributed by atoms with E-state index in [-0.39, 0.29) is 30.5 Å². The standard InChI is InChI=1S/C13H24N2O4/c1-4-11-8-19-10(3)7-15(11)13(18)14-6-9(2)5-12(16)17/h9-11H,4-8H2,1-3H3,(H,14,18)(H,16,17). The number of carbonyl (C=O) groups excluding carboxylic acids is 1. The van der Waals surface area contributed by atoms with Gasteiger partial charge in [-0.2, -0.15) is 0 Å². The summed E-state index contributed by atoms with van der Waals surface area (Å²) >= 11 is 0. The van der Waals surface area contributed by atoms with Crippen molar-refractivity contribution < 1.29 is 19.4 Å². The summed E-state index contributed by atoms with van der Waals surface area (Å²) < 4.78 is 5.54. The van der Waals surface area contributed by atoms with Crippen LogP contribution in [0.4, 0.5) is 4.79 Å². The van der Waals surface area contributed by atoms with Gasteiger partial charge in [0.2, 0.25) is 0 Å². The van der Waals surface area contributed by atoms with Gasteiger partial charge in [0, 0.05) is 19.5 Å². The molecule has 19 heavy (non-hydrogen) atoms. The van der Waals surface area contributed by atoms with E-state index in [1.165, 1.54) is 0 Å². The largest absolute Gasteiger partial charge is 0.481 e. The smallest absolute Gasteiger partial charge is 0.317 e. The van der Waals surface area contributed by atoms with Crippen LogP contribution in [0.15, 0.2) is 0 Å². The fourth-order valence-corrected chi connectivity index (χ4v) is 2.16. The number of amides is 2. The lowest BCUT2D eigenvalue weighted by molar-refractivity contribution is -0.137. The van der Waals surface area contributed by atoms with E-state index in [4.69, 9.17) is 9.84 Å². The van der Waals surface area contributed by atoms with Crippen molar-refractivity contribution in [2.75, 3.05) is 19.7 Å². The molecule has 1 rings (SSSR count). The van der Waals surface area contributed by atoms with Gasteiger partial charge in [0.25, 0.3) is 0 Å². The zero-order valence-electron chi connectivity index (χ0n) is 11.9. The van der Waals surface area contributed by atoms with Crippen molar-refractivity contribution in [3.63, 3.8) is 0 Å². The Kier molecular flexibility index (Phi) is 6.08. The number of carboxylic acid groups (broad SMARTS) is 1. The summed E-state index contributed by atoms with van der Waals surface area (Å²) in [4.78, 5) is 24.5. The van der Waals surface area contributed by atoms with Crippen LogP contribution in [-0.4, -0.2) is 53.8 Å². The van der Waals surface area contributed by atoms with Crippen LogP contribution in [0, 0.1) is 5.92 Å². The van der Waals surface area contributed by atoms with Crippen molar-refractivity contribution in [3.05, 3.63) is 0 Å². The molecule has 1 heterocycles. The van der Waals surface area contributed by atoms with Crippen LogP contribution < -0.4 is 5.32 Å². The van der Waals surface area contributed by atoms with Gasteiger partial charge in [0.05, 0.1) is 18.8 Å². The number of hydrogen-bond donors (Lipinski definition) is 2. The van der Waals surface area contributed by atoms with Gasteiger partial charge in [-0.15, -0.1) is 0 Å². The number of rotatable bonds is 5. The Hall–Kier alpha value is -1.30. The maximum absolute atomic E-state index is 12.1. The number of carbonyl (C=O) groups is 2. The van der Waals surface area contributed by atoms with Gasteiger partial charge in [-0.1, -0.05) is 13.8 Å². The average molecular weight is 272 g/mol. The van der Waals surface area contributed by atoms with Crippen LogP contribution in [-0.2, 0) is 9.53 Å². The molecule has 0 bridgehead atoms. The summed E-state index contributed by atoms with van der Waals surface area (Å²) in [7, 11) is 0. The molecule has 3 unspecified atom stereocenters. The molecule has 1 aliphatic heterocycles. The van der Waals surface area contributed by atoms with E-state index in [0.717, 1.165) is 6.42 Å². The molecule has 2 amide bonds. The summed E-state index contributed by atoms with van der Waals surface area (Å²) in [5.74, 6) is -0.909. The summed E-state index contributed by atoms with van der Waals surface area (Å²) in [5.41, 5.74) is 0. The molecule has 1 aliphatic rings. The van der Waals surface area contributed by atoms with Crippen LogP contribution in [0.5, 0.6) is 0 Å². The van der Waals surface area contributed by atoms with Crippen LogP contribution in [0.2, 0.25) is 0 Å². The SMILES string of the molecule is CCC1COC(C)CN1C(=O)NCC(C)CC(=O)O. The van der Waals surface area contributed by atoms with E-state index >= 15 is 0 Å². The fourth-order valence-electron chi connectivity index (χ4n) is 2.16. The molecule has 0 aromatic heterocycles. The number of aliphatic carboxylic acids is 1. The second-order valence-corrected chi connectivity index (χ2v) is 5.25. The van der Waals surface area contributed by atoms with Crippen molar-refractivity contribution in [1.82, 2.24) is 10.2 Å². The molecule has 6 nitrogen and oxygen atoms in total. The lowest BCUT2D eigenvalue weighted by Crippen LogP contribution is -2.55. The monoisotopic (exact) mass is 272 g/mol. The Morgan fingerprint density at radius 1 is 1.53 bits per heavy atom. The number of morpholine rings is 1. The molecule has 1 fully saturated rings. The van der Waals surface area contributed by atoms with Gasteiger partial charge in [-0.3, -0.25) is 4.79 Å². The Morgan fingerprint density at radius 2 is 2.21 bits per heavy atom. The summed E-state index contributed by atoms with van der Waals surface area (Å²) in [6, 6.07) is -0.0229. The lowest BCUT2D eigenvalue weighted by atomic mass is 10.1. The van der Waals surface area contributed by atoms with Gasteiger partial charge in [0.15, 0.2) is 0 Å². The first-order valence-electron chi connectivity index (χ1n) is 6.81. The predicted molar refractivity (Wildman–Crippen MR) is 71.0 cm³/mol. The highest BCUT2D eigenvalue weighted by Gasteiger charge is 2.29. The average Bonchev–Trinajstić information content (AvgIpc) is 2.35. The molecule has 0 aromatic carbocycles. The highest BCUT2D eigenvalue weighted by molar-refractivity contribution is 5.75. The van der Waals surface area contributed by atoms with Crippen molar-refractivity contribution in [1.29, 1.82) is 0 Å². The third-order valence-corrected chi connectivity index (χ3v) is 3.32. The zero-order chi connectivity index (χ0) is 14.4. The molecule has 0 saturated carbocycles. The van der Waals surface area contributed by atoms with E-state index in [9.17, 15) is 9.59 Å². The summed E-state index contributed by atoms with van der Waals surface area (Å²) in [5, 5.41) is 11.5. The summed E-state index contributed by atoms with van der Waals surface area (Å²) in [6.45, 7) is 7.31. The molecule has 6 heteroatoms. The first kappa shape index (κ1) is 15.8. The van der Waals surface area contributed by atoms with E-state index < -0.39 is 5.97 Å². The van der Waals surface area contributed by atoms with Gasteiger partial charge in [-0.25, -0.2) is 4.79 Å². The predicted octanol–water partition coefficient (Wildman–Crippen LogP) is 1.31. The third kappa shape index (κ3) is 5.06. The Morgan fingerprint density at radius 3 is 2.79 bits per heavy atom. The fraction of sp³-hybridized carbons (Fsp3) is 0.846. The second kappa shape index (κ2) is 7.33. The van der Waals surface area contributed by atoms with E-state index in [1.807, 2.05) is 20.8 Å². The highest BCUT2D eigenvalue weighted by Crippen LogP contribution is 2.14. The maximum Gasteiger partial charge on any atom is 0.317 e. The van der Waals surface area contributed by atoms with Crippen molar-refractivity contribution >= 4 is 12.0 Å². The molecule has 0 radical (unpaired) electrons. The number of carboxylic acids is 1. The Bertz CT molecular complexity index is 322. The van der Waals surface area contributed by atoms with Crippen molar-refractivity contribution in [3.8, 4) is 0 Å². The number of ether oxygens (including phenoxy) is 1. The van der Waals surface area contributed by atoms with Gasteiger partial charge in [0.1, 0.15) is 0 Å². The Balaban J connectivity index is 2.44. The first-order valence-corrected chi connectivity index (χ1v) is 6.81. The van der Waals surface area contributed by atoms with E-state index in [1.54, 1.807) is 4.90 Å². The van der Waals surface area contributed by atoms with E-state index in [2.05, 4.69) is 5.32 Å². The number of nitrogens with one attached hydrogen (secondary N) is 1. The van der Waals surface area contributed by atoms with Crippen LogP contribution in [0.1, 0.15) is 33.6 Å². The highest BCUT2D eigenvalue weighted by atomic mass is 16.5. The van der Waals surface area contributed by atoms with E-state index in [0.29, 0.717) is 19.7 Å². The molecular formula is C13H24N2O4. The molecule has 2 N–H and O–H groups in total. The van der Waals surface area contributed by atoms with Crippen molar-refractivity contribution in [2.24, 2.45) is 5.92 Å². The third-order valence-electron chi connectivity index (χ3n) is 3.32. The first-order chi connectivity index (χ1) is 8.93. The number of hydrogen-bond acceptors (Lipinski definition) is 3. The molecular weight excluding hydrogens is 248 g/mol. The molecule has 0 aromatic rings. The normalized spacial score (nSPS) is 24.9. The minimum absolute atomic E-state index is 0.0463. The Labute approximate surface area is 114 Å². The number of urea groups is 1. The molecule has 0 spiro atoms. The van der Waals surface area contributed by atoms with Gasteiger partial charge < -0.3 is 20.1 Å². The molecule has 1 saturated heterocycles. The van der Waals surface area contributed by atoms with Gasteiger partial charge in [-0.05, 0) is 19.3 Å². The van der Waals surface area contributed by atoms with Gasteiger partial charge >= 0.3 is 12.0 Å². The van der Waals surface area contributed by atoms with Crippen molar-refractivity contribution in [2.45, 2.75) is 45.8 Å². The van der Waals surface area contributed by atoms with Crippen LogP contribution in [0.3, 0.4) is 0 Å². The van der Waals surface area contributed by atoms with Crippen LogP contribution in [0.25, 0.3) is 0 Å². The summed E-state index contributed by atoms with van der Waals surface area (Å²) in [6.07, 6.45) is 0.965. The molecule has 110 valence electrons. The minimum atomic E-state index is -0.840. The minimum Gasteiger partial charge on any atom is -0.481 e. The molecule has 0 aliphatic carbocycles. The topological polar surface area (TPSA) is 78.9 Å². The molecule has 3 atom stereocenters. The lowest BCUT2D eigenvalue weighted by Gasteiger charge is -2.38. The number of nitrogens with zero attached hydrogens (tertiary/aromatic N) is 1. The maximum atomic E-state index is 12.1. The van der Waals surface area contributed by atoms with Crippen LogP contribution >= 0.6 is 0 Å².